The van der Waals surface area contributed by atoms with E-state index in [1.807, 2.05) is 19.9 Å². The van der Waals surface area contributed by atoms with E-state index < -0.39 is 11.9 Å². The number of benzene rings is 1. The normalized spacial score (nSPS) is 14.8. The number of methoxy groups -OCH3 is 2. The molecule has 0 saturated heterocycles. The van der Waals surface area contributed by atoms with E-state index in [1.54, 1.807) is 11.2 Å². The molecule has 0 unspecified atom stereocenters. The Balaban J connectivity index is 2.28. The van der Waals surface area contributed by atoms with Crippen molar-refractivity contribution in [2.45, 2.75) is 13.8 Å². The van der Waals surface area contributed by atoms with Gasteiger partial charge in [-0.1, -0.05) is 0 Å². The molecule has 0 saturated carbocycles. The van der Waals surface area contributed by atoms with Crippen LogP contribution >= 0.6 is 0 Å². The third kappa shape index (κ3) is 2.74. The molecule has 1 aromatic heterocycles. The average Bonchev–Trinajstić information content (AvgIpc) is 3.08. The van der Waals surface area contributed by atoms with E-state index in [-0.39, 0.29) is 24.6 Å². The smallest absolute Gasteiger partial charge is 0.355 e. The van der Waals surface area contributed by atoms with Gasteiger partial charge in [-0.15, -0.1) is 0 Å². The summed E-state index contributed by atoms with van der Waals surface area (Å²) in [6.45, 7) is 3.96. The fourth-order valence-corrected chi connectivity index (χ4v) is 2.94. The van der Waals surface area contributed by atoms with Crippen molar-refractivity contribution in [3.05, 3.63) is 34.8 Å². The van der Waals surface area contributed by atoms with Crippen molar-refractivity contribution < 1.29 is 23.8 Å². The predicted molar refractivity (Wildman–Crippen MR) is 89.9 cm³/mol. The van der Waals surface area contributed by atoms with Gasteiger partial charge >= 0.3 is 11.9 Å². The molecule has 0 fully saturated rings. The molecule has 1 aromatic carbocycles. The molecule has 0 amide bonds. The molecule has 3 rings (SSSR count). The third-order valence-corrected chi connectivity index (χ3v) is 4.30. The first-order valence-electron chi connectivity index (χ1n) is 7.68. The van der Waals surface area contributed by atoms with E-state index >= 15 is 0 Å². The van der Waals surface area contributed by atoms with Crippen LogP contribution in [-0.2, 0) is 23.8 Å². The van der Waals surface area contributed by atoms with Gasteiger partial charge in [0.15, 0.2) is 0 Å². The Bertz CT molecular complexity index is 884. The number of ether oxygens (including phenoxy) is 3. The summed E-state index contributed by atoms with van der Waals surface area (Å²) in [6, 6.07) is 1.98. The molecule has 25 heavy (non-hydrogen) atoms. The zero-order chi connectivity index (χ0) is 18.1. The monoisotopic (exact) mass is 345 g/mol. The van der Waals surface area contributed by atoms with Crippen LogP contribution in [0.2, 0.25) is 0 Å². The van der Waals surface area contributed by atoms with Crippen molar-refractivity contribution in [2.24, 2.45) is 0 Å². The van der Waals surface area contributed by atoms with Crippen molar-refractivity contribution in [3.63, 3.8) is 0 Å². The van der Waals surface area contributed by atoms with Crippen LogP contribution in [0.25, 0.3) is 11.0 Å². The highest BCUT2D eigenvalue weighted by molar-refractivity contribution is 6.05. The second-order valence-electron chi connectivity index (χ2n) is 5.68. The lowest BCUT2D eigenvalue weighted by Gasteiger charge is -2.32. The number of nitrogens with one attached hydrogen (secondary N) is 1. The van der Waals surface area contributed by atoms with Crippen molar-refractivity contribution in [1.82, 2.24) is 9.97 Å². The van der Waals surface area contributed by atoms with Crippen molar-refractivity contribution in [3.8, 4) is 0 Å². The summed E-state index contributed by atoms with van der Waals surface area (Å²) < 4.78 is 15.2. The largest absolute Gasteiger partial charge is 0.466 e. The SMILES string of the molecule is COC(=O)C1=C(C(=O)OC)N(c2c(C)c(C)cc3[nH]cnc23)COC1. The molecular formula is C17H19N3O5. The van der Waals surface area contributed by atoms with Crippen LogP contribution < -0.4 is 4.90 Å². The number of rotatable bonds is 3. The van der Waals surface area contributed by atoms with Gasteiger partial charge in [0.25, 0.3) is 0 Å². The highest BCUT2D eigenvalue weighted by Crippen LogP contribution is 2.35. The van der Waals surface area contributed by atoms with Gasteiger partial charge in [0.05, 0.1) is 43.9 Å². The number of carbonyl (C=O) groups excluding carboxylic acids is 2. The quantitative estimate of drug-likeness (QED) is 0.844. The number of fused-ring (bicyclic) bond motifs is 1. The molecule has 8 nitrogen and oxygen atoms in total. The zero-order valence-corrected chi connectivity index (χ0v) is 14.5. The van der Waals surface area contributed by atoms with Gasteiger partial charge in [-0.3, -0.25) is 0 Å². The topological polar surface area (TPSA) is 93.8 Å². The first-order valence-corrected chi connectivity index (χ1v) is 7.68. The first-order chi connectivity index (χ1) is 12.0. The number of hydrogen-bond acceptors (Lipinski definition) is 7. The summed E-state index contributed by atoms with van der Waals surface area (Å²) in [7, 11) is 2.53. The number of nitrogens with zero attached hydrogens (tertiary/aromatic N) is 2. The van der Waals surface area contributed by atoms with Crippen molar-refractivity contribution in [2.75, 3.05) is 32.5 Å². The number of imidazole rings is 1. The number of hydrogen-bond donors (Lipinski definition) is 1. The Hall–Kier alpha value is -2.87. The van der Waals surface area contributed by atoms with E-state index in [4.69, 9.17) is 14.2 Å². The maximum absolute atomic E-state index is 12.4. The van der Waals surface area contributed by atoms with E-state index in [1.165, 1.54) is 14.2 Å². The Labute approximate surface area is 144 Å². The van der Waals surface area contributed by atoms with Crippen molar-refractivity contribution in [1.29, 1.82) is 0 Å². The molecule has 1 N–H and O–H groups in total. The van der Waals surface area contributed by atoms with E-state index in [0.717, 1.165) is 16.6 Å². The van der Waals surface area contributed by atoms with Gasteiger partial charge in [-0.2, -0.15) is 0 Å². The number of carbonyl (C=O) groups is 2. The molecule has 0 bridgehead atoms. The molecule has 0 radical (unpaired) electrons. The summed E-state index contributed by atoms with van der Waals surface area (Å²) in [5.74, 6) is -1.26. The Morgan fingerprint density at radius 1 is 1.24 bits per heavy atom. The van der Waals surface area contributed by atoms with Crippen LogP contribution in [0.5, 0.6) is 0 Å². The summed E-state index contributed by atoms with van der Waals surface area (Å²) in [6.07, 6.45) is 1.58. The minimum Gasteiger partial charge on any atom is -0.466 e. The molecular weight excluding hydrogens is 326 g/mol. The molecule has 2 heterocycles. The van der Waals surface area contributed by atoms with Gasteiger partial charge in [-0.25, -0.2) is 14.6 Å². The summed E-state index contributed by atoms with van der Waals surface area (Å²) in [4.78, 5) is 33.6. The fraction of sp³-hybridized carbons (Fsp3) is 0.353. The number of H-pyrrole nitrogens is 1. The van der Waals surface area contributed by atoms with Crippen LogP contribution in [0.4, 0.5) is 5.69 Å². The summed E-state index contributed by atoms with van der Waals surface area (Å²) in [5.41, 5.74) is 4.37. The van der Waals surface area contributed by atoms with Crippen LogP contribution in [0.15, 0.2) is 23.7 Å². The third-order valence-electron chi connectivity index (χ3n) is 4.30. The maximum atomic E-state index is 12.4. The second kappa shape index (κ2) is 6.56. The highest BCUT2D eigenvalue weighted by atomic mass is 16.5. The Kier molecular flexibility index (Phi) is 4.45. The van der Waals surface area contributed by atoms with Gasteiger partial charge in [0.1, 0.15) is 17.9 Å². The lowest BCUT2D eigenvalue weighted by atomic mass is 10.0. The molecule has 0 aliphatic carbocycles. The molecule has 0 atom stereocenters. The average molecular weight is 345 g/mol. The lowest BCUT2D eigenvalue weighted by molar-refractivity contribution is -0.140. The molecule has 1 aliphatic rings. The number of aromatic nitrogens is 2. The first kappa shape index (κ1) is 17.0. The minimum absolute atomic E-state index is 0.0256. The maximum Gasteiger partial charge on any atom is 0.355 e. The molecule has 8 heteroatoms. The van der Waals surface area contributed by atoms with E-state index in [2.05, 4.69) is 9.97 Å². The predicted octanol–water partition coefficient (Wildman–Crippen LogP) is 1.57. The van der Waals surface area contributed by atoms with Gasteiger partial charge in [0, 0.05) is 0 Å². The molecule has 0 spiro atoms. The second-order valence-corrected chi connectivity index (χ2v) is 5.68. The minimum atomic E-state index is -0.631. The van der Waals surface area contributed by atoms with Gasteiger partial charge in [-0.05, 0) is 31.0 Å². The van der Waals surface area contributed by atoms with E-state index in [0.29, 0.717) is 11.2 Å². The molecule has 132 valence electrons. The summed E-state index contributed by atoms with van der Waals surface area (Å²) >= 11 is 0. The van der Waals surface area contributed by atoms with Crippen molar-refractivity contribution >= 4 is 28.7 Å². The number of esters is 2. The fourth-order valence-electron chi connectivity index (χ4n) is 2.94. The number of aromatic amines is 1. The zero-order valence-electron chi connectivity index (χ0n) is 14.5. The Morgan fingerprint density at radius 2 is 1.96 bits per heavy atom. The van der Waals surface area contributed by atoms with Crippen LogP contribution in [0, 0.1) is 13.8 Å². The lowest BCUT2D eigenvalue weighted by Crippen LogP contribution is -2.39. The summed E-state index contributed by atoms with van der Waals surface area (Å²) in [5, 5.41) is 0. The highest BCUT2D eigenvalue weighted by Gasteiger charge is 2.34. The van der Waals surface area contributed by atoms with Crippen LogP contribution in [0.3, 0.4) is 0 Å². The number of aryl methyl sites for hydroxylation is 1. The Morgan fingerprint density at radius 3 is 2.64 bits per heavy atom. The standard InChI is InChI=1S/C17H19N3O5/c1-9-5-12-13(19-7-18-12)14(10(9)2)20-8-25-6-11(16(21)23-3)15(20)17(22)24-4/h5,7H,6,8H2,1-4H3,(H,18,19). The van der Waals surface area contributed by atoms with Crippen LogP contribution in [-0.4, -0.2) is 49.5 Å². The molecule has 1 aliphatic heterocycles. The van der Waals surface area contributed by atoms with Gasteiger partial charge < -0.3 is 24.1 Å². The van der Waals surface area contributed by atoms with Gasteiger partial charge in [0.2, 0.25) is 0 Å². The van der Waals surface area contributed by atoms with Crippen LogP contribution in [0.1, 0.15) is 11.1 Å². The number of anilines is 1. The molecule has 2 aromatic rings. The van der Waals surface area contributed by atoms with E-state index in [9.17, 15) is 9.59 Å².